The van der Waals surface area contributed by atoms with Gasteiger partial charge in [-0.2, -0.15) is 0 Å². The average Bonchev–Trinajstić information content (AvgIpc) is 2.78. The van der Waals surface area contributed by atoms with Gasteiger partial charge in [0.15, 0.2) is 0 Å². The summed E-state index contributed by atoms with van der Waals surface area (Å²) >= 11 is 0. The quantitative estimate of drug-likeness (QED) is 0.889. The fraction of sp³-hybridized carbons (Fsp3) is 0.647. The van der Waals surface area contributed by atoms with Crippen molar-refractivity contribution in [3.8, 4) is 5.75 Å². The van der Waals surface area contributed by atoms with Crippen molar-refractivity contribution < 1.29 is 5.11 Å². The number of phenolic OH excluding ortho intramolecular Hbond substituents is 1. The third-order valence-corrected chi connectivity index (χ3v) is 5.27. The van der Waals surface area contributed by atoms with Gasteiger partial charge in [0.2, 0.25) is 0 Å². The maximum atomic E-state index is 10.1. The number of fused-ring (bicyclic) bond motifs is 2. The van der Waals surface area contributed by atoms with Crippen molar-refractivity contribution in [1.29, 1.82) is 0 Å². The zero-order valence-corrected chi connectivity index (χ0v) is 12.8. The van der Waals surface area contributed by atoms with Gasteiger partial charge >= 0.3 is 0 Å². The van der Waals surface area contributed by atoms with Crippen molar-refractivity contribution in [3.05, 3.63) is 29.3 Å². The Kier molecular flexibility index (Phi) is 3.74. The molecule has 3 unspecified atom stereocenters. The van der Waals surface area contributed by atoms with E-state index in [2.05, 4.69) is 37.2 Å². The maximum absolute atomic E-state index is 10.1. The van der Waals surface area contributed by atoms with E-state index in [0.29, 0.717) is 23.9 Å². The molecule has 2 fully saturated rings. The fourth-order valence-electron chi connectivity index (χ4n) is 3.90. The number of rotatable bonds is 3. The van der Waals surface area contributed by atoms with Crippen LogP contribution in [0.2, 0.25) is 0 Å². The SMILES string of the molecule is Cc1ccc(O)c(C(C)N(C)C2CC3CCC(C2)N3)c1. The lowest BCUT2D eigenvalue weighted by Crippen LogP contribution is -2.47. The lowest BCUT2D eigenvalue weighted by atomic mass is 9.95. The highest BCUT2D eigenvalue weighted by Gasteiger charge is 2.36. The first-order chi connectivity index (χ1) is 9.54. The van der Waals surface area contributed by atoms with Gasteiger partial charge in [0, 0.05) is 29.7 Å². The molecule has 1 aromatic rings. The molecule has 2 saturated heterocycles. The molecule has 0 aromatic heterocycles. The summed E-state index contributed by atoms with van der Waals surface area (Å²) in [4.78, 5) is 2.46. The first-order valence-electron chi connectivity index (χ1n) is 7.82. The maximum Gasteiger partial charge on any atom is 0.120 e. The molecule has 3 nitrogen and oxygen atoms in total. The normalized spacial score (nSPS) is 30.7. The van der Waals surface area contributed by atoms with E-state index in [1.54, 1.807) is 0 Å². The third kappa shape index (κ3) is 2.57. The number of aryl methyl sites for hydroxylation is 1. The van der Waals surface area contributed by atoms with Crippen LogP contribution in [-0.4, -0.2) is 35.2 Å². The van der Waals surface area contributed by atoms with Gasteiger partial charge in [-0.15, -0.1) is 0 Å². The molecule has 1 aromatic carbocycles. The summed E-state index contributed by atoms with van der Waals surface area (Å²) in [6.45, 7) is 4.29. The highest BCUT2D eigenvalue weighted by atomic mass is 16.3. The van der Waals surface area contributed by atoms with E-state index in [1.807, 2.05) is 12.1 Å². The molecule has 2 bridgehead atoms. The number of nitrogens with zero attached hydrogens (tertiary/aromatic N) is 1. The van der Waals surface area contributed by atoms with Gasteiger partial charge in [-0.25, -0.2) is 0 Å². The number of phenols is 1. The van der Waals surface area contributed by atoms with Gasteiger partial charge in [-0.1, -0.05) is 17.7 Å². The summed E-state index contributed by atoms with van der Waals surface area (Å²) in [5.41, 5.74) is 2.27. The molecule has 2 heterocycles. The van der Waals surface area contributed by atoms with Crippen LogP contribution in [0.15, 0.2) is 18.2 Å². The van der Waals surface area contributed by atoms with Gasteiger partial charge in [0.05, 0.1) is 0 Å². The molecule has 2 aliphatic rings. The van der Waals surface area contributed by atoms with Crippen molar-refractivity contribution in [3.63, 3.8) is 0 Å². The van der Waals surface area contributed by atoms with Crippen LogP contribution in [0.4, 0.5) is 0 Å². The van der Waals surface area contributed by atoms with E-state index < -0.39 is 0 Å². The largest absolute Gasteiger partial charge is 0.508 e. The molecule has 0 saturated carbocycles. The van der Waals surface area contributed by atoms with Crippen molar-refractivity contribution in [2.75, 3.05) is 7.05 Å². The molecule has 0 spiro atoms. The monoisotopic (exact) mass is 274 g/mol. The van der Waals surface area contributed by atoms with Crippen LogP contribution >= 0.6 is 0 Å². The molecule has 2 aliphatic heterocycles. The zero-order chi connectivity index (χ0) is 14.3. The Hall–Kier alpha value is -1.06. The Balaban J connectivity index is 1.76. The molecule has 3 heteroatoms. The molecular formula is C17H26N2O. The minimum atomic E-state index is 0.261. The summed E-state index contributed by atoms with van der Waals surface area (Å²) in [5.74, 6) is 0.423. The fourth-order valence-corrected chi connectivity index (χ4v) is 3.90. The highest BCUT2D eigenvalue weighted by Crippen LogP contribution is 2.35. The van der Waals surface area contributed by atoms with E-state index in [4.69, 9.17) is 0 Å². The Labute approximate surface area is 122 Å². The van der Waals surface area contributed by atoms with Gasteiger partial charge in [0.25, 0.3) is 0 Å². The van der Waals surface area contributed by atoms with Crippen LogP contribution in [0, 0.1) is 6.92 Å². The Morgan fingerprint density at radius 1 is 1.25 bits per heavy atom. The third-order valence-electron chi connectivity index (χ3n) is 5.27. The van der Waals surface area contributed by atoms with Gasteiger partial charge in [-0.3, -0.25) is 4.90 Å². The molecule has 2 N–H and O–H groups in total. The van der Waals surface area contributed by atoms with Crippen molar-refractivity contribution in [2.45, 2.75) is 63.7 Å². The van der Waals surface area contributed by atoms with Crippen molar-refractivity contribution in [1.82, 2.24) is 10.2 Å². The van der Waals surface area contributed by atoms with Crippen LogP contribution in [0.1, 0.15) is 49.8 Å². The van der Waals surface area contributed by atoms with Crippen LogP contribution < -0.4 is 5.32 Å². The second-order valence-corrected chi connectivity index (χ2v) is 6.67. The topological polar surface area (TPSA) is 35.5 Å². The average molecular weight is 274 g/mol. The van der Waals surface area contributed by atoms with E-state index in [1.165, 1.54) is 31.2 Å². The molecule has 3 atom stereocenters. The first kappa shape index (κ1) is 13.9. The Morgan fingerprint density at radius 3 is 2.55 bits per heavy atom. The van der Waals surface area contributed by atoms with Crippen LogP contribution in [0.3, 0.4) is 0 Å². The highest BCUT2D eigenvalue weighted by molar-refractivity contribution is 5.37. The lowest BCUT2D eigenvalue weighted by Gasteiger charge is -2.39. The van der Waals surface area contributed by atoms with E-state index in [0.717, 1.165) is 5.56 Å². The molecule has 0 amide bonds. The Bertz CT molecular complexity index is 476. The molecule has 110 valence electrons. The van der Waals surface area contributed by atoms with Gasteiger partial charge < -0.3 is 10.4 Å². The van der Waals surface area contributed by atoms with E-state index in [9.17, 15) is 5.11 Å². The Morgan fingerprint density at radius 2 is 1.90 bits per heavy atom. The lowest BCUT2D eigenvalue weighted by molar-refractivity contribution is 0.131. The number of hydrogen-bond donors (Lipinski definition) is 2. The molecule has 0 aliphatic carbocycles. The van der Waals surface area contributed by atoms with Crippen molar-refractivity contribution in [2.24, 2.45) is 0 Å². The summed E-state index contributed by atoms with van der Waals surface area (Å²) in [6.07, 6.45) is 5.14. The van der Waals surface area contributed by atoms with E-state index >= 15 is 0 Å². The van der Waals surface area contributed by atoms with Gasteiger partial charge in [0.1, 0.15) is 5.75 Å². The minimum Gasteiger partial charge on any atom is -0.508 e. The summed E-state index contributed by atoms with van der Waals surface area (Å²) < 4.78 is 0. The van der Waals surface area contributed by atoms with Crippen molar-refractivity contribution >= 4 is 0 Å². The minimum absolute atomic E-state index is 0.261. The molecule has 0 radical (unpaired) electrons. The van der Waals surface area contributed by atoms with Crippen LogP contribution in [0.25, 0.3) is 0 Å². The number of aromatic hydroxyl groups is 1. The second-order valence-electron chi connectivity index (χ2n) is 6.67. The summed E-state index contributed by atoms with van der Waals surface area (Å²) in [6, 6.07) is 8.21. The predicted molar refractivity (Wildman–Crippen MR) is 82.0 cm³/mol. The molecule has 20 heavy (non-hydrogen) atoms. The smallest absolute Gasteiger partial charge is 0.120 e. The number of piperidine rings is 1. The number of benzene rings is 1. The second kappa shape index (κ2) is 5.38. The predicted octanol–water partition coefficient (Wildman–Crippen LogP) is 2.98. The molecule has 3 rings (SSSR count). The summed E-state index contributed by atoms with van der Waals surface area (Å²) in [5, 5.41) is 13.8. The van der Waals surface area contributed by atoms with Crippen LogP contribution in [0.5, 0.6) is 5.75 Å². The van der Waals surface area contributed by atoms with Gasteiger partial charge in [-0.05, 0) is 52.6 Å². The first-order valence-corrected chi connectivity index (χ1v) is 7.82. The standard InChI is InChI=1S/C17H26N2O/c1-11-4-7-17(20)16(8-11)12(2)19(3)15-9-13-5-6-14(10-15)18-13/h4,7-8,12-15,18,20H,5-6,9-10H2,1-3H3. The van der Waals surface area contributed by atoms with E-state index in [-0.39, 0.29) is 6.04 Å². The number of hydrogen-bond acceptors (Lipinski definition) is 3. The zero-order valence-electron chi connectivity index (χ0n) is 12.8. The molecular weight excluding hydrogens is 248 g/mol. The van der Waals surface area contributed by atoms with Crippen LogP contribution in [-0.2, 0) is 0 Å². The summed E-state index contributed by atoms with van der Waals surface area (Å²) in [7, 11) is 2.21. The number of nitrogens with one attached hydrogen (secondary N) is 1.